The SMILES string of the molecule is CCNC(=O)C(C)N(Cc1ccc(C)cc1)C(=O)Cc1ccccc1Cl. The largest absolute Gasteiger partial charge is 0.355 e. The second-order valence-corrected chi connectivity index (χ2v) is 6.75. The summed E-state index contributed by atoms with van der Waals surface area (Å²) in [5.74, 6) is -0.287. The molecule has 0 aliphatic rings. The normalized spacial score (nSPS) is 11.7. The van der Waals surface area contributed by atoms with Crippen LogP contribution in [0.3, 0.4) is 0 Å². The molecule has 2 aromatic carbocycles. The summed E-state index contributed by atoms with van der Waals surface area (Å²) in [6.45, 7) is 6.54. The Balaban J connectivity index is 2.23. The van der Waals surface area contributed by atoms with Gasteiger partial charge in [-0.15, -0.1) is 0 Å². The first-order valence-corrected chi connectivity index (χ1v) is 9.16. The average molecular weight is 373 g/mol. The van der Waals surface area contributed by atoms with E-state index in [0.29, 0.717) is 18.1 Å². The number of halogens is 1. The summed E-state index contributed by atoms with van der Waals surface area (Å²) in [5, 5.41) is 3.35. The Morgan fingerprint density at radius 2 is 1.77 bits per heavy atom. The zero-order chi connectivity index (χ0) is 19.1. The molecule has 0 saturated carbocycles. The minimum Gasteiger partial charge on any atom is -0.355 e. The van der Waals surface area contributed by atoms with E-state index in [-0.39, 0.29) is 18.2 Å². The number of carbonyl (C=O) groups excluding carboxylic acids is 2. The Hall–Kier alpha value is -2.33. The molecule has 1 N–H and O–H groups in total. The predicted molar refractivity (Wildman–Crippen MR) is 105 cm³/mol. The molecule has 2 aromatic rings. The molecule has 2 amide bonds. The number of rotatable bonds is 7. The van der Waals surface area contributed by atoms with Crippen molar-refractivity contribution in [3.8, 4) is 0 Å². The lowest BCUT2D eigenvalue weighted by molar-refractivity contribution is -0.140. The second-order valence-electron chi connectivity index (χ2n) is 6.35. The highest BCUT2D eigenvalue weighted by molar-refractivity contribution is 6.31. The molecule has 138 valence electrons. The topological polar surface area (TPSA) is 49.4 Å². The molecule has 0 fully saturated rings. The maximum atomic E-state index is 13.0. The monoisotopic (exact) mass is 372 g/mol. The highest BCUT2D eigenvalue weighted by Gasteiger charge is 2.26. The van der Waals surface area contributed by atoms with Gasteiger partial charge in [0, 0.05) is 18.1 Å². The van der Waals surface area contributed by atoms with Crippen molar-refractivity contribution in [2.45, 2.75) is 39.8 Å². The molecule has 0 aliphatic heterocycles. The van der Waals surface area contributed by atoms with Crippen LogP contribution in [0.1, 0.15) is 30.5 Å². The summed E-state index contributed by atoms with van der Waals surface area (Å²) in [5.41, 5.74) is 2.90. The minimum absolute atomic E-state index is 0.127. The number of carbonyl (C=O) groups is 2. The van der Waals surface area contributed by atoms with Gasteiger partial charge in [-0.1, -0.05) is 59.6 Å². The van der Waals surface area contributed by atoms with Crippen LogP contribution in [-0.4, -0.2) is 29.3 Å². The van der Waals surface area contributed by atoms with Crippen molar-refractivity contribution >= 4 is 23.4 Å². The number of hydrogen-bond acceptors (Lipinski definition) is 2. The molecule has 1 atom stereocenters. The third-order valence-corrected chi connectivity index (χ3v) is 4.66. The lowest BCUT2D eigenvalue weighted by Crippen LogP contribution is -2.48. The van der Waals surface area contributed by atoms with E-state index >= 15 is 0 Å². The number of aryl methyl sites for hydroxylation is 1. The van der Waals surface area contributed by atoms with Gasteiger partial charge in [-0.25, -0.2) is 0 Å². The van der Waals surface area contributed by atoms with Gasteiger partial charge < -0.3 is 10.2 Å². The molecule has 0 aromatic heterocycles. The average Bonchev–Trinajstić information content (AvgIpc) is 2.62. The summed E-state index contributed by atoms with van der Waals surface area (Å²) in [7, 11) is 0. The van der Waals surface area contributed by atoms with Gasteiger partial charge in [0.15, 0.2) is 0 Å². The number of nitrogens with one attached hydrogen (secondary N) is 1. The lowest BCUT2D eigenvalue weighted by Gasteiger charge is -2.29. The quantitative estimate of drug-likeness (QED) is 0.804. The van der Waals surface area contributed by atoms with Crippen molar-refractivity contribution in [2.75, 3.05) is 6.54 Å². The molecule has 5 heteroatoms. The Morgan fingerprint density at radius 3 is 2.38 bits per heavy atom. The van der Waals surface area contributed by atoms with Gasteiger partial charge in [-0.2, -0.15) is 0 Å². The number of likely N-dealkylation sites (N-methyl/N-ethyl adjacent to an activating group) is 1. The molecule has 0 radical (unpaired) electrons. The van der Waals surface area contributed by atoms with Crippen molar-refractivity contribution in [1.82, 2.24) is 10.2 Å². The van der Waals surface area contributed by atoms with E-state index < -0.39 is 6.04 Å². The standard InChI is InChI=1S/C21H25ClN2O2/c1-4-23-21(26)16(3)24(14-17-11-9-15(2)10-12-17)20(25)13-18-7-5-6-8-19(18)22/h5-12,16H,4,13-14H2,1-3H3,(H,23,26). The highest BCUT2D eigenvalue weighted by Crippen LogP contribution is 2.18. The molecular formula is C21H25ClN2O2. The fourth-order valence-electron chi connectivity index (χ4n) is 2.70. The van der Waals surface area contributed by atoms with Crippen LogP contribution in [0.5, 0.6) is 0 Å². The van der Waals surface area contributed by atoms with Gasteiger partial charge in [0.1, 0.15) is 6.04 Å². The smallest absolute Gasteiger partial charge is 0.242 e. The molecule has 26 heavy (non-hydrogen) atoms. The van der Waals surface area contributed by atoms with E-state index in [1.54, 1.807) is 17.9 Å². The summed E-state index contributed by atoms with van der Waals surface area (Å²) in [4.78, 5) is 26.9. The summed E-state index contributed by atoms with van der Waals surface area (Å²) < 4.78 is 0. The van der Waals surface area contributed by atoms with Crippen LogP contribution in [0.4, 0.5) is 0 Å². The predicted octanol–water partition coefficient (Wildman–Crippen LogP) is 3.74. The van der Waals surface area contributed by atoms with Crippen LogP contribution in [0.15, 0.2) is 48.5 Å². The van der Waals surface area contributed by atoms with Gasteiger partial charge in [0.25, 0.3) is 0 Å². The van der Waals surface area contributed by atoms with Crippen LogP contribution < -0.4 is 5.32 Å². The molecule has 4 nitrogen and oxygen atoms in total. The Labute approximate surface area is 160 Å². The number of nitrogens with zero attached hydrogens (tertiary/aromatic N) is 1. The van der Waals surface area contributed by atoms with E-state index in [1.807, 2.05) is 56.3 Å². The van der Waals surface area contributed by atoms with Crippen molar-refractivity contribution in [3.05, 3.63) is 70.2 Å². The summed E-state index contributed by atoms with van der Waals surface area (Å²) >= 11 is 6.19. The van der Waals surface area contributed by atoms with Crippen LogP contribution in [0.25, 0.3) is 0 Å². The Kier molecular flexibility index (Phi) is 7.22. The first-order chi connectivity index (χ1) is 12.4. The second kappa shape index (κ2) is 9.39. The first kappa shape index (κ1) is 20.0. The molecule has 1 unspecified atom stereocenters. The zero-order valence-electron chi connectivity index (χ0n) is 15.5. The maximum Gasteiger partial charge on any atom is 0.242 e. The third-order valence-electron chi connectivity index (χ3n) is 4.29. The molecule has 0 bridgehead atoms. The van der Waals surface area contributed by atoms with E-state index in [2.05, 4.69) is 5.32 Å². The van der Waals surface area contributed by atoms with Gasteiger partial charge in [0.2, 0.25) is 11.8 Å². The van der Waals surface area contributed by atoms with Crippen molar-refractivity contribution in [2.24, 2.45) is 0 Å². The van der Waals surface area contributed by atoms with Crippen molar-refractivity contribution < 1.29 is 9.59 Å². The van der Waals surface area contributed by atoms with Gasteiger partial charge in [0.05, 0.1) is 6.42 Å². The molecule has 0 saturated heterocycles. The maximum absolute atomic E-state index is 13.0. The van der Waals surface area contributed by atoms with Crippen LogP contribution in [0, 0.1) is 6.92 Å². The minimum atomic E-state index is -0.564. The Bertz CT molecular complexity index is 759. The molecule has 0 heterocycles. The van der Waals surface area contributed by atoms with Gasteiger partial charge >= 0.3 is 0 Å². The Morgan fingerprint density at radius 1 is 1.12 bits per heavy atom. The number of benzene rings is 2. The molecular weight excluding hydrogens is 348 g/mol. The fraction of sp³-hybridized carbons (Fsp3) is 0.333. The van der Waals surface area contributed by atoms with Crippen LogP contribution in [-0.2, 0) is 22.6 Å². The molecule has 2 rings (SSSR count). The lowest BCUT2D eigenvalue weighted by atomic mass is 10.1. The van der Waals surface area contributed by atoms with Crippen molar-refractivity contribution in [3.63, 3.8) is 0 Å². The highest BCUT2D eigenvalue weighted by atomic mass is 35.5. The van der Waals surface area contributed by atoms with E-state index in [1.165, 1.54) is 0 Å². The molecule has 0 spiro atoms. The number of hydrogen-bond donors (Lipinski definition) is 1. The summed E-state index contributed by atoms with van der Waals surface area (Å²) in [6, 6.07) is 14.7. The zero-order valence-corrected chi connectivity index (χ0v) is 16.2. The fourth-order valence-corrected chi connectivity index (χ4v) is 2.90. The van der Waals surface area contributed by atoms with E-state index in [0.717, 1.165) is 16.7 Å². The van der Waals surface area contributed by atoms with E-state index in [4.69, 9.17) is 11.6 Å². The number of amides is 2. The van der Waals surface area contributed by atoms with Gasteiger partial charge in [-0.3, -0.25) is 9.59 Å². The third kappa shape index (κ3) is 5.33. The summed E-state index contributed by atoms with van der Waals surface area (Å²) in [6.07, 6.45) is 0.162. The van der Waals surface area contributed by atoms with Gasteiger partial charge in [-0.05, 0) is 38.0 Å². The van der Waals surface area contributed by atoms with E-state index in [9.17, 15) is 9.59 Å². The van der Waals surface area contributed by atoms with Crippen LogP contribution >= 0.6 is 11.6 Å². The van der Waals surface area contributed by atoms with Crippen LogP contribution in [0.2, 0.25) is 5.02 Å². The van der Waals surface area contributed by atoms with Crippen molar-refractivity contribution in [1.29, 1.82) is 0 Å². The molecule has 0 aliphatic carbocycles. The first-order valence-electron chi connectivity index (χ1n) is 8.78.